The van der Waals surface area contributed by atoms with Crippen LogP contribution in [0.1, 0.15) is 16.8 Å². The van der Waals surface area contributed by atoms with Gasteiger partial charge in [-0.1, -0.05) is 22.5 Å². The standard InChI is InChI=1S/C22H25BrN4O3/c1-2-21(29)27-11-15(12-27)9-17(28)13-26-14-19(18-10-16(23)3-4-20(18)26)22(30)25-7-5-24-6-8-25/h2-4,10,14-15,24H,1,5-9,11-13H2. The lowest BCUT2D eigenvalue weighted by Gasteiger charge is -2.38. The zero-order chi connectivity index (χ0) is 21.3. The van der Waals surface area contributed by atoms with Crippen molar-refractivity contribution >= 4 is 44.4 Å². The van der Waals surface area contributed by atoms with Crippen molar-refractivity contribution in [2.75, 3.05) is 39.3 Å². The van der Waals surface area contributed by atoms with Gasteiger partial charge in [0.25, 0.3) is 5.91 Å². The summed E-state index contributed by atoms with van der Waals surface area (Å²) in [5.41, 5.74) is 1.51. The minimum atomic E-state index is -0.0863. The summed E-state index contributed by atoms with van der Waals surface area (Å²) < 4.78 is 2.78. The Morgan fingerprint density at radius 2 is 1.90 bits per heavy atom. The molecule has 0 spiro atoms. The number of hydrogen-bond donors (Lipinski definition) is 1. The maximum atomic E-state index is 13.1. The number of nitrogens with one attached hydrogen (secondary N) is 1. The van der Waals surface area contributed by atoms with E-state index in [1.54, 1.807) is 4.90 Å². The van der Waals surface area contributed by atoms with Crippen molar-refractivity contribution in [3.8, 4) is 0 Å². The minimum Gasteiger partial charge on any atom is -0.339 e. The Morgan fingerprint density at radius 1 is 1.17 bits per heavy atom. The van der Waals surface area contributed by atoms with E-state index in [9.17, 15) is 14.4 Å². The van der Waals surface area contributed by atoms with Crippen LogP contribution in [0.2, 0.25) is 0 Å². The van der Waals surface area contributed by atoms with Crippen LogP contribution < -0.4 is 5.32 Å². The van der Waals surface area contributed by atoms with Gasteiger partial charge in [0.05, 0.1) is 12.1 Å². The number of Topliss-reactive ketones (excluding diaryl/α,β-unsaturated/α-hetero) is 1. The molecular weight excluding hydrogens is 448 g/mol. The Bertz CT molecular complexity index is 1000. The van der Waals surface area contributed by atoms with Crippen LogP contribution in [-0.4, -0.2) is 71.2 Å². The normalized spacial score (nSPS) is 17.1. The number of piperazine rings is 1. The van der Waals surface area contributed by atoms with E-state index >= 15 is 0 Å². The summed E-state index contributed by atoms with van der Waals surface area (Å²) in [7, 11) is 0. The first kappa shape index (κ1) is 20.8. The third-order valence-corrected chi connectivity index (χ3v) is 6.28. The van der Waals surface area contributed by atoms with Crippen molar-refractivity contribution < 1.29 is 14.4 Å². The molecule has 158 valence electrons. The van der Waals surface area contributed by atoms with Gasteiger partial charge in [-0.25, -0.2) is 0 Å². The number of benzene rings is 1. The Balaban J connectivity index is 1.50. The molecule has 8 heteroatoms. The first-order valence-corrected chi connectivity index (χ1v) is 11.0. The molecule has 4 rings (SSSR count). The van der Waals surface area contributed by atoms with Crippen LogP contribution >= 0.6 is 15.9 Å². The number of carbonyl (C=O) groups excluding carboxylic acids is 3. The molecule has 2 fully saturated rings. The average molecular weight is 473 g/mol. The van der Waals surface area contributed by atoms with Crippen LogP contribution in [0.15, 0.2) is 41.5 Å². The van der Waals surface area contributed by atoms with E-state index in [0.717, 1.165) is 28.5 Å². The van der Waals surface area contributed by atoms with E-state index in [2.05, 4.69) is 27.8 Å². The zero-order valence-corrected chi connectivity index (χ0v) is 18.4. The van der Waals surface area contributed by atoms with Gasteiger partial charge >= 0.3 is 0 Å². The van der Waals surface area contributed by atoms with Crippen molar-refractivity contribution in [3.63, 3.8) is 0 Å². The Hall–Kier alpha value is -2.45. The van der Waals surface area contributed by atoms with Gasteiger partial charge in [0, 0.05) is 73.2 Å². The fourth-order valence-electron chi connectivity index (χ4n) is 4.19. The van der Waals surface area contributed by atoms with Crippen molar-refractivity contribution in [3.05, 3.63) is 47.1 Å². The molecule has 3 heterocycles. The minimum absolute atomic E-state index is 0.00312. The molecule has 0 aliphatic carbocycles. The predicted octanol–water partition coefficient (Wildman–Crippen LogP) is 2.05. The molecule has 0 bridgehead atoms. The highest BCUT2D eigenvalue weighted by atomic mass is 79.9. The lowest BCUT2D eigenvalue weighted by molar-refractivity contribution is -0.134. The number of rotatable bonds is 6. The molecular formula is C22H25BrN4O3. The van der Waals surface area contributed by atoms with E-state index in [1.165, 1.54) is 6.08 Å². The summed E-state index contributed by atoms with van der Waals surface area (Å²) in [4.78, 5) is 40.9. The average Bonchev–Trinajstić information content (AvgIpc) is 3.07. The molecule has 2 saturated heterocycles. The molecule has 2 aliphatic heterocycles. The second-order valence-corrected chi connectivity index (χ2v) is 8.85. The summed E-state index contributed by atoms with van der Waals surface area (Å²) in [5.74, 6) is 0.214. The molecule has 0 unspecified atom stereocenters. The molecule has 7 nitrogen and oxygen atoms in total. The van der Waals surface area contributed by atoms with Crippen molar-refractivity contribution in [1.82, 2.24) is 19.7 Å². The van der Waals surface area contributed by atoms with Gasteiger partial charge in [-0.15, -0.1) is 0 Å². The second kappa shape index (κ2) is 8.73. The van der Waals surface area contributed by atoms with Crippen LogP contribution in [-0.2, 0) is 16.1 Å². The SMILES string of the molecule is C=CC(=O)N1CC(CC(=O)Cn2cc(C(=O)N3CCNCC3)c3cc(Br)ccc32)C1. The van der Waals surface area contributed by atoms with Crippen molar-refractivity contribution in [2.45, 2.75) is 13.0 Å². The Labute approximate surface area is 183 Å². The first-order valence-electron chi connectivity index (χ1n) is 10.2. The van der Waals surface area contributed by atoms with Gasteiger partial charge in [-0.3, -0.25) is 14.4 Å². The van der Waals surface area contributed by atoms with Crippen LogP contribution in [0.3, 0.4) is 0 Å². The number of aromatic nitrogens is 1. The van der Waals surface area contributed by atoms with Gasteiger partial charge in [0.2, 0.25) is 5.91 Å². The summed E-state index contributed by atoms with van der Waals surface area (Å²) in [6.07, 6.45) is 3.55. The molecule has 0 saturated carbocycles. The molecule has 2 aliphatic rings. The van der Waals surface area contributed by atoms with Crippen LogP contribution in [0.4, 0.5) is 0 Å². The lowest BCUT2D eigenvalue weighted by Crippen LogP contribution is -2.50. The van der Waals surface area contributed by atoms with E-state index in [4.69, 9.17) is 0 Å². The van der Waals surface area contributed by atoms with Gasteiger partial charge in [-0.05, 0) is 24.3 Å². The summed E-state index contributed by atoms with van der Waals surface area (Å²) in [6, 6.07) is 5.80. The Morgan fingerprint density at radius 3 is 2.60 bits per heavy atom. The highest BCUT2D eigenvalue weighted by Gasteiger charge is 2.31. The topological polar surface area (TPSA) is 74.7 Å². The predicted molar refractivity (Wildman–Crippen MR) is 118 cm³/mol. The van der Waals surface area contributed by atoms with E-state index in [0.29, 0.717) is 38.2 Å². The fraction of sp³-hybridized carbons (Fsp3) is 0.409. The summed E-state index contributed by atoms with van der Waals surface area (Å²) in [5, 5.41) is 4.11. The van der Waals surface area contributed by atoms with Crippen LogP contribution in [0.25, 0.3) is 10.9 Å². The molecule has 0 radical (unpaired) electrons. The number of ketones is 1. The number of nitrogens with zero attached hydrogens (tertiary/aromatic N) is 3. The van der Waals surface area contributed by atoms with Crippen molar-refractivity contribution in [2.24, 2.45) is 5.92 Å². The number of likely N-dealkylation sites (tertiary alicyclic amines) is 1. The Kier molecular flexibility index (Phi) is 6.06. The zero-order valence-electron chi connectivity index (χ0n) is 16.8. The molecule has 30 heavy (non-hydrogen) atoms. The maximum absolute atomic E-state index is 13.1. The molecule has 1 aromatic carbocycles. The fourth-order valence-corrected chi connectivity index (χ4v) is 4.55. The number of carbonyl (C=O) groups is 3. The highest BCUT2D eigenvalue weighted by Crippen LogP contribution is 2.27. The van der Waals surface area contributed by atoms with E-state index in [-0.39, 0.29) is 30.1 Å². The van der Waals surface area contributed by atoms with Crippen LogP contribution in [0, 0.1) is 5.92 Å². The van der Waals surface area contributed by atoms with Crippen molar-refractivity contribution in [1.29, 1.82) is 0 Å². The summed E-state index contributed by atoms with van der Waals surface area (Å²) >= 11 is 3.49. The number of halogens is 1. The number of hydrogen-bond acceptors (Lipinski definition) is 4. The molecule has 1 N–H and O–H groups in total. The molecule has 2 aromatic rings. The van der Waals surface area contributed by atoms with E-state index in [1.807, 2.05) is 33.9 Å². The third kappa shape index (κ3) is 4.20. The van der Waals surface area contributed by atoms with E-state index < -0.39 is 0 Å². The van der Waals surface area contributed by atoms with Gasteiger partial charge in [0.1, 0.15) is 0 Å². The number of amides is 2. The third-order valence-electron chi connectivity index (χ3n) is 5.78. The largest absolute Gasteiger partial charge is 0.339 e. The highest BCUT2D eigenvalue weighted by molar-refractivity contribution is 9.10. The van der Waals surface area contributed by atoms with Gasteiger partial charge in [0.15, 0.2) is 5.78 Å². The summed E-state index contributed by atoms with van der Waals surface area (Å²) in [6.45, 7) is 7.86. The maximum Gasteiger partial charge on any atom is 0.256 e. The smallest absolute Gasteiger partial charge is 0.256 e. The van der Waals surface area contributed by atoms with Crippen LogP contribution in [0.5, 0.6) is 0 Å². The first-order chi connectivity index (χ1) is 14.5. The number of fused-ring (bicyclic) bond motifs is 1. The monoisotopic (exact) mass is 472 g/mol. The van der Waals surface area contributed by atoms with Gasteiger partial charge in [-0.2, -0.15) is 0 Å². The second-order valence-electron chi connectivity index (χ2n) is 7.93. The molecule has 0 atom stereocenters. The van der Waals surface area contributed by atoms with Gasteiger partial charge < -0.3 is 19.7 Å². The molecule has 2 amide bonds. The quantitative estimate of drug-likeness (QED) is 0.652. The lowest BCUT2D eigenvalue weighted by atomic mass is 9.94. The molecule has 1 aromatic heterocycles.